The lowest BCUT2D eigenvalue weighted by atomic mass is 10.1. The van der Waals surface area contributed by atoms with Gasteiger partial charge in [0.1, 0.15) is 5.82 Å². The number of methoxy groups -OCH3 is 1. The van der Waals surface area contributed by atoms with E-state index in [9.17, 15) is 9.59 Å². The molecule has 3 aromatic heterocycles. The van der Waals surface area contributed by atoms with Crippen molar-refractivity contribution in [1.82, 2.24) is 34.6 Å². The topological polar surface area (TPSA) is 147 Å². The number of nitrogens with zero attached hydrogens (tertiary/aromatic N) is 6. The lowest BCUT2D eigenvalue weighted by Crippen LogP contribution is -2.17. The van der Waals surface area contributed by atoms with Gasteiger partial charge in [0.25, 0.3) is 11.5 Å². The predicted molar refractivity (Wildman–Crippen MR) is 110 cm³/mol. The summed E-state index contributed by atoms with van der Waals surface area (Å²) < 4.78 is 7.66. The van der Waals surface area contributed by atoms with E-state index < -0.39 is 5.97 Å². The first-order valence-electron chi connectivity index (χ1n) is 8.85. The molecule has 0 saturated heterocycles. The summed E-state index contributed by atoms with van der Waals surface area (Å²) in [6.07, 6.45) is 0. The average molecular weight is 426 g/mol. The minimum Gasteiger partial charge on any atom is -0.465 e. The van der Waals surface area contributed by atoms with E-state index in [0.29, 0.717) is 39.1 Å². The Morgan fingerprint density at radius 1 is 1.27 bits per heavy atom. The number of nitrogens with one attached hydrogen (secondary N) is 1. The number of benzene rings is 1. The maximum atomic E-state index is 12.4. The number of fused-ring (bicyclic) bond motifs is 1. The Hall–Kier alpha value is -3.67. The number of carbonyl (C=O) groups excluding carboxylic acids is 1. The van der Waals surface area contributed by atoms with E-state index in [1.807, 2.05) is 19.9 Å². The van der Waals surface area contributed by atoms with Crippen LogP contribution in [0.2, 0.25) is 0 Å². The number of thioether (sulfide) groups is 1. The fourth-order valence-corrected chi connectivity index (χ4v) is 3.70. The molecule has 4 aromatic rings. The van der Waals surface area contributed by atoms with Crippen molar-refractivity contribution in [3.8, 4) is 5.95 Å². The van der Waals surface area contributed by atoms with Crippen molar-refractivity contribution in [2.24, 2.45) is 0 Å². The molecule has 0 radical (unpaired) electrons. The number of nitrogens with two attached hydrogens (primary N) is 1. The molecule has 0 bridgehead atoms. The molecule has 0 spiro atoms. The number of carbonyl (C=O) groups is 1. The summed E-state index contributed by atoms with van der Waals surface area (Å²) in [5, 5.41) is 13.4. The van der Waals surface area contributed by atoms with Crippen molar-refractivity contribution < 1.29 is 9.53 Å². The van der Waals surface area contributed by atoms with Gasteiger partial charge in [0.2, 0.25) is 5.16 Å². The Labute approximate surface area is 174 Å². The molecule has 0 saturated carbocycles. The van der Waals surface area contributed by atoms with Crippen molar-refractivity contribution in [2.75, 3.05) is 13.0 Å². The molecular weight excluding hydrogens is 408 g/mol. The van der Waals surface area contributed by atoms with Gasteiger partial charge >= 0.3 is 5.97 Å². The minimum absolute atomic E-state index is 0.292. The van der Waals surface area contributed by atoms with Gasteiger partial charge in [0.15, 0.2) is 0 Å². The van der Waals surface area contributed by atoms with E-state index in [4.69, 9.17) is 10.6 Å². The first kappa shape index (κ1) is 19.6. The summed E-state index contributed by atoms with van der Waals surface area (Å²) in [7, 11) is 1.29. The number of aryl methyl sites for hydroxylation is 2. The van der Waals surface area contributed by atoms with Crippen LogP contribution in [-0.4, -0.2) is 47.7 Å². The molecular formula is C18H18N8O3S. The van der Waals surface area contributed by atoms with Crippen molar-refractivity contribution in [3.63, 3.8) is 0 Å². The van der Waals surface area contributed by atoms with Gasteiger partial charge in [0, 0.05) is 5.69 Å². The van der Waals surface area contributed by atoms with Crippen molar-refractivity contribution in [3.05, 3.63) is 57.4 Å². The summed E-state index contributed by atoms with van der Waals surface area (Å²) in [6.45, 7) is 3.78. The van der Waals surface area contributed by atoms with Gasteiger partial charge in [-0.1, -0.05) is 11.8 Å². The zero-order chi connectivity index (χ0) is 21.4. The molecule has 3 heterocycles. The second kappa shape index (κ2) is 7.63. The summed E-state index contributed by atoms with van der Waals surface area (Å²) in [6, 6.07) is 6.50. The SMILES string of the molecule is COC(=O)c1ccc2c(=O)[nH]c(CSc3nnc(-n4nc(C)cc4C)n3N)nc2c1. The standard InChI is InChI=1S/C18H18N8O3S/c1-9-6-10(2)26(24-9)17-22-23-18(25(17)19)30-8-14-20-13-7-11(16(28)29-3)4-5-12(13)15(27)21-14/h4-7H,8,19H2,1-3H3,(H,20,21,27). The second-order valence-corrected chi connectivity index (χ2v) is 7.46. The van der Waals surface area contributed by atoms with Gasteiger partial charge in [-0.05, 0) is 38.1 Å². The van der Waals surface area contributed by atoms with E-state index in [1.54, 1.807) is 10.7 Å². The Kier molecular flexibility index (Phi) is 4.99. The molecule has 1 aromatic carbocycles. The molecule has 3 N–H and O–H groups in total. The van der Waals surface area contributed by atoms with Crippen LogP contribution < -0.4 is 11.4 Å². The maximum Gasteiger partial charge on any atom is 0.337 e. The average Bonchev–Trinajstić information content (AvgIpc) is 3.25. The Morgan fingerprint density at radius 3 is 2.77 bits per heavy atom. The molecule has 30 heavy (non-hydrogen) atoms. The van der Waals surface area contributed by atoms with Crippen LogP contribution in [0.3, 0.4) is 0 Å². The molecule has 0 amide bonds. The van der Waals surface area contributed by atoms with Crippen LogP contribution in [0.5, 0.6) is 0 Å². The summed E-state index contributed by atoms with van der Waals surface area (Å²) in [5.41, 5.74) is 2.14. The fourth-order valence-electron chi connectivity index (χ4n) is 2.98. The normalized spacial score (nSPS) is 11.2. The summed E-state index contributed by atoms with van der Waals surface area (Å²) >= 11 is 1.26. The molecule has 0 fully saturated rings. The lowest BCUT2D eigenvalue weighted by Gasteiger charge is -2.06. The highest BCUT2D eigenvalue weighted by atomic mass is 32.2. The third-order valence-electron chi connectivity index (χ3n) is 4.36. The van der Waals surface area contributed by atoms with Crippen LogP contribution in [-0.2, 0) is 10.5 Å². The number of hydrogen-bond donors (Lipinski definition) is 2. The smallest absolute Gasteiger partial charge is 0.337 e. The number of ether oxygens (including phenoxy) is 1. The van der Waals surface area contributed by atoms with Crippen LogP contribution in [0, 0.1) is 13.8 Å². The van der Waals surface area contributed by atoms with Crippen molar-refractivity contribution >= 4 is 28.6 Å². The number of aromatic nitrogens is 7. The first-order chi connectivity index (χ1) is 14.4. The van der Waals surface area contributed by atoms with E-state index in [-0.39, 0.29) is 5.56 Å². The van der Waals surface area contributed by atoms with E-state index in [2.05, 4.69) is 25.3 Å². The number of aromatic amines is 1. The molecule has 12 heteroatoms. The second-order valence-electron chi connectivity index (χ2n) is 6.52. The van der Waals surface area contributed by atoms with Gasteiger partial charge in [-0.3, -0.25) is 4.79 Å². The molecule has 0 aliphatic rings. The molecule has 0 aliphatic carbocycles. The molecule has 4 rings (SSSR count). The van der Waals surface area contributed by atoms with Crippen molar-refractivity contribution in [1.29, 1.82) is 0 Å². The predicted octanol–water partition coefficient (Wildman–Crippen LogP) is 1.11. The van der Waals surface area contributed by atoms with E-state index in [0.717, 1.165) is 11.4 Å². The monoisotopic (exact) mass is 426 g/mol. The summed E-state index contributed by atoms with van der Waals surface area (Å²) in [4.78, 5) is 31.3. The Morgan fingerprint density at radius 2 is 2.07 bits per heavy atom. The highest BCUT2D eigenvalue weighted by Crippen LogP contribution is 2.21. The maximum absolute atomic E-state index is 12.4. The zero-order valence-electron chi connectivity index (χ0n) is 16.4. The zero-order valence-corrected chi connectivity index (χ0v) is 17.2. The van der Waals surface area contributed by atoms with Gasteiger partial charge in [0.05, 0.1) is 35.0 Å². The van der Waals surface area contributed by atoms with Crippen LogP contribution >= 0.6 is 11.8 Å². The molecule has 0 atom stereocenters. The number of esters is 1. The number of nitrogen functional groups attached to an aromatic ring is 1. The number of hydrogen-bond acceptors (Lipinski definition) is 9. The van der Waals surface area contributed by atoms with Crippen LogP contribution in [0.1, 0.15) is 27.6 Å². The van der Waals surface area contributed by atoms with Crippen molar-refractivity contribution in [2.45, 2.75) is 24.8 Å². The third-order valence-corrected chi connectivity index (χ3v) is 5.31. The molecule has 0 aliphatic heterocycles. The Bertz CT molecular complexity index is 1320. The van der Waals surface area contributed by atoms with Crippen LogP contribution in [0.4, 0.5) is 0 Å². The number of H-pyrrole nitrogens is 1. The Balaban J connectivity index is 1.60. The van der Waals surface area contributed by atoms with Gasteiger partial charge < -0.3 is 15.6 Å². The van der Waals surface area contributed by atoms with E-state index in [1.165, 1.54) is 35.7 Å². The molecule has 11 nitrogen and oxygen atoms in total. The van der Waals surface area contributed by atoms with Gasteiger partial charge in [-0.2, -0.15) is 5.10 Å². The van der Waals surface area contributed by atoms with Crippen LogP contribution in [0.25, 0.3) is 16.9 Å². The third kappa shape index (κ3) is 3.52. The summed E-state index contributed by atoms with van der Waals surface area (Å²) in [5.74, 6) is 6.72. The quantitative estimate of drug-likeness (QED) is 0.272. The molecule has 154 valence electrons. The number of rotatable bonds is 5. The van der Waals surface area contributed by atoms with Crippen LogP contribution in [0.15, 0.2) is 34.2 Å². The molecule has 0 unspecified atom stereocenters. The van der Waals surface area contributed by atoms with E-state index >= 15 is 0 Å². The minimum atomic E-state index is -0.497. The van der Waals surface area contributed by atoms with Gasteiger partial charge in [-0.15, -0.1) is 10.2 Å². The lowest BCUT2D eigenvalue weighted by molar-refractivity contribution is 0.0601. The first-order valence-corrected chi connectivity index (χ1v) is 9.84. The largest absolute Gasteiger partial charge is 0.465 e. The highest BCUT2D eigenvalue weighted by Gasteiger charge is 2.16. The highest BCUT2D eigenvalue weighted by molar-refractivity contribution is 7.98. The fraction of sp³-hybridized carbons (Fsp3) is 0.222. The van der Waals surface area contributed by atoms with Gasteiger partial charge in [-0.25, -0.2) is 19.1 Å².